The molecule has 0 saturated heterocycles. The summed E-state index contributed by atoms with van der Waals surface area (Å²) in [4.78, 5) is 1.99. The number of thiocarbonyl (C=S) groups is 1. The van der Waals surface area contributed by atoms with Crippen molar-refractivity contribution < 1.29 is 9.47 Å². The number of aryl methyl sites for hydroxylation is 1. The largest absolute Gasteiger partial charge is 0.486 e. The number of hydrogen-bond donors (Lipinski definition) is 1. The van der Waals surface area contributed by atoms with Crippen LogP contribution in [0.2, 0.25) is 0 Å². The van der Waals surface area contributed by atoms with Gasteiger partial charge in [-0.1, -0.05) is 24.3 Å². The molecule has 0 aliphatic carbocycles. The fourth-order valence-corrected chi connectivity index (χ4v) is 2.82. The summed E-state index contributed by atoms with van der Waals surface area (Å²) in [7, 11) is 1.96. The lowest BCUT2D eigenvalue weighted by molar-refractivity contribution is 0.0784. The van der Waals surface area contributed by atoms with E-state index in [-0.39, 0.29) is 6.10 Å². The molecular formula is C19H22N2O2S. The summed E-state index contributed by atoms with van der Waals surface area (Å²) in [5, 5.41) is 3.99. The molecule has 0 aromatic heterocycles. The highest BCUT2D eigenvalue weighted by molar-refractivity contribution is 7.80. The van der Waals surface area contributed by atoms with Gasteiger partial charge in [0.05, 0.1) is 6.54 Å². The molecule has 0 unspecified atom stereocenters. The van der Waals surface area contributed by atoms with E-state index in [4.69, 9.17) is 21.7 Å². The van der Waals surface area contributed by atoms with Gasteiger partial charge in [0.25, 0.3) is 0 Å². The highest BCUT2D eigenvalue weighted by atomic mass is 32.1. The van der Waals surface area contributed by atoms with Crippen molar-refractivity contribution in [1.82, 2.24) is 4.90 Å². The minimum absolute atomic E-state index is 0.0525. The van der Waals surface area contributed by atoms with Crippen LogP contribution in [0.25, 0.3) is 0 Å². The summed E-state index contributed by atoms with van der Waals surface area (Å²) < 4.78 is 11.7. The zero-order chi connectivity index (χ0) is 17.1. The summed E-state index contributed by atoms with van der Waals surface area (Å²) in [6.45, 7) is 5.37. The Morgan fingerprint density at radius 3 is 2.71 bits per heavy atom. The molecule has 2 aromatic carbocycles. The molecule has 1 aliphatic rings. The highest BCUT2D eigenvalue weighted by Gasteiger charge is 2.22. The number of ether oxygens (including phenoxy) is 2. The molecule has 0 fully saturated rings. The van der Waals surface area contributed by atoms with Crippen molar-refractivity contribution in [2.45, 2.75) is 20.0 Å². The predicted molar refractivity (Wildman–Crippen MR) is 101 cm³/mol. The molecular weight excluding hydrogens is 320 g/mol. The SMILES string of the molecule is Cc1cccc(NC(=S)N(C)C[C@@H]2COc3ccccc3O2)c1C. The molecule has 0 amide bonds. The van der Waals surface area contributed by atoms with Gasteiger partial charge >= 0.3 is 0 Å². The molecule has 3 rings (SSSR count). The van der Waals surface area contributed by atoms with E-state index in [0.29, 0.717) is 18.3 Å². The van der Waals surface area contributed by atoms with E-state index in [9.17, 15) is 0 Å². The minimum atomic E-state index is -0.0525. The molecule has 1 aliphatic heterocycles. The predicted octanol–water partition coefficient (Wildman–Crippen LogP) is 3.77. The molecule has 0 radical (unpaired) electrons. The van der Waals surface area contributed by atoms with Crippen LogP contribution >= 0.6 is 12.2 Å². The standard InChI is InChI=1S/C19H22N2O2S/c1-13-7-6-8-16(14(13)2)20-19(24)21(3)11-15-12-22-17-9-4-5-10-18(17)23-15/h4-10,15H,11-12H2,1-3H3,(H,20,24)/t15-/m1/s1. The monoisotopic (exact) mass is 342 g/mol. The number of benzene rings is 2. The lowest BCUT2D eigenvalue weighted by Gasteiger charge is -2.30. The van der Waals surface area contributed by atoms with Crippen LogP contribution in [0.3, 0.4) is 0 Å². The maximum absolute atomic E-state index is 5.99. The third kappa shape index (κ3) is 3.62. The van der Waals surface area contributed by atoms with Gasteiger partial charge in [-0.3, -0.25) is 0 Å². The summed E-state index contributed by atoms with van der Waals surface area (Å²) in [5.41, 5.74) is 3.49. The van der Waals surface area contributed by atoms with Crippen LogP contribution in [0.5, 0.6) is 11.5 Å². The Balaban J connectivity index is 1.60. The molecule has 1 heterocycles. The molecule has 1 N–H and O–H groups in total. The fourth-order valence-electron chi connectivity index (χ4n) is 2.64. The number of hydrogen-bond acceptors (Lipinski definition) is 3. The maximum atomic E-state index is 5.99. The van der Waals surface area contributed by atoms with Gasteiger partial charge < -0.3 is 19.7 Å². The van der Waals surface area contributed by atoms with Crippen LogP contribution < -0.4 is 14.8 Å². The van der Waals surface area contributed by atoms with E-state index < -0.39 is 0 Å². The van der Waals surface area contributed by atoms with Gasteiger partial charge in [0.1, 0.15) is 6.61 Å². The van der Waals surface area contributed by atoms with E-state index in [1.54, 1.807) is 0 Å². The van der Waals surface area contributed by atoms with Crippen LogP contribution in [0.1, 0.15) is 11.1 Å². The van der Waals surface area contributed by atoms with E-state index in [0.717, 1.165) is 17.2 Å². The fraction of sp³-hybridized carbons (Fsp3) is 0.316. The molecule has 1 atom stereocenters. The summed E-state index contributed by atoms with van der Waals surface area (Å²) in [6.07, 6.45) is -0.0525. The van der Waals surface area contributed by atoms with Crippen LogP contribution in [0, 0.1) is 13.8 Å². The number of nitrogens with one attached hydrogen (secondary N) is 1. The van der Waals surface area contributed by atoms with Gasteiger partial charge in [-0.25, -0.2) is 0 Å². The number of nitrogens with zero attached hydrogens (tertiary/aromatic N) is 1. The summed E-state index contributed by atoms with van der Waals surface area (Å²) in [5.74, 6) is 1.59. The van der Waals surface area contributed by atoms with Crippen molar-refractivity contribution >= 4 is 23.0 Å². The zero-order valence-corrected chi connectivity index (χ0v) is 15.0. The summed E-state index contributed by atoms with van der Waals surface area (Å²) >= 11 is 5.53. The van der Waals surface area contributed by atoms with Crippen molar-refractivity contribution in [3.63, 3.8) is 0 Å². The van der Waals surface area contributed by atoms with E-state index in [2.05, 4.69) is 25.2 Å². The van der Waals surface area contributed by atoms with Crippen molar-refractivity contribution in [2.24, 2.45) is 0 Å². The first-order chi connectivity index (χ1) is 11.5. The highest BCUT2D eigenvalue weighted by Crippen LogP contribution is 2.31. The van der Waals surface area contributed by atoms with Crippen molar-refractivity contribution in [1.29, 1.82) is 0 Å². The second-order valence-corrected chi connectivity index (χ2v) is 6.44. The molecule has 24 heavy (non-hydrogen) atoms. The van der Waals surface area contributed by atoms with Gasteiger partial charge in [0.15, 0.2) is 22.7 Å². The first-order valence-electron chi connectivity index (χ1n) is 8.01. The Morgan fingerprint density at radius 1 is 1.17 bits per heavy atom. The van der Waals surface area contributed by atoms with Gasteiger partial charge in [0.2, 0.25) is 0 Å². The molecule has 0 saturated carbocycles. The molecule has 5 heteroatoms. The first kappa shape index (κ1) is 16.6. The van der Waals surface area contributed by atoms with Crippen molar-refractivity contribution in [3.8, 4) is 11.5 Å². The van der Waals surface area contributed by atoms with Crippen LogP contribution in [-0.4, -0.2) is 36.3 Å². The second-order valence-electron chi connectivity index (χ2n) is 6.06. The quantitative estimate of drug-likeness (QED) is 0.859. The number of anilines is 1. The Labute approximate surface area is 148 Å². The van der Waals surface area contributed by atoms with Crippen LogP contribution in [-0.2, 0) is 0 Å². The van der Waals surface area contributed by atoms with E-state index in [1.165, 1.54) is 11.1 Å². The summed E-state index contributed by atoms with van der Waals surface area (Å²) in [6, 6.07) is 13.9. The zero-order valence-electron chi connectivity index (χ0n) is 14.2. The molecule has 126 valence electrons. The van der Waals surface area contributed by atoms with E-state index in [1.807, 2.05) is 48.3 Å². The Hall–Kier alpha value is -2.27. The van der Waals surface area contributed by atoms with Crippen molar-refractivity contribution in [2.75, 3.05) is 25.5 Å². The molecule has 0 bridgehead atoms. The number of para-hydroxylation sites is 2. The molecule has 0 spiro atoms. The van der Waals surface area contributed by atoms with Crippen molar-refractivity contribution in [3.05, 3.63) is 53.6 Å². The van der Waals surface area contributed by atoms with Gasteiger partial charge in [0, 0.05) is 12.7 Å². The topological polar surface area (TPSA) is 33.7 Å². The molecule has 4 nitrogen and oxygen atoms in total. The minimum Gasteiger partial charge on any atom is -0.486 e. The average Bonchev–Trinajstić information content (AvgIpc) is 2.58. The smallest absolute Gasteiger partial charge is 0.173 e. The lowest BCUT2D eigenvalue weighted by atomic mass is 10.1. The van der Waals surface area contributed by atoms with Crippen LogP contribution in [0.15, 0.2) is 42.5 Å². The third-order valence-electron chi connectivity index (χ3n) is 4.24. The average molecular weight is 342 g/mol. The number of rotatable bonds is 3. The Bertz CT molecular complexity index is 748. The van der Waals surface area contributed by atoms with Gasteiger partial charge in [-0.15, -0.1) is 0 Å². The number of fused-ring (bicyclic) bond motifs is 1. The van der Waals surface area contributed by atoms with Gasteiger partial charge in [-0.2, -0.15) is 0 Å². The lowest BCUT2D eigenvalue weighted by Crippen LogP contribution is -2.43. The second kappa shape index (κ2) is 7.09. The Kier molecular flexibility index (Phi) is 4.90. The third-order valence-corrected chi connectivity index (χ3v) is 4.65. The molecule has 2 aromatic rings. The maximum Gasteiger partial charge on any atom is 0.173 e. The Morgan fingerprint density at radius 2 is 1.92 bits per heavy atom. The normalized spacial score (nSPS) is 15.7. The van der Waals surface area contributed by atoms with E-state index >= 15 is 0 Å². The van der Waals surface area contributed by atoms with Gasteiger partial charge in [-0.05, 0) is 55.4 Å². The number of likely N-dealkylation sites (N-methyl/N-ethyl adjacent to an activating group) is 1. The first-order valence-corrected chi connectivity index (χ1v) is 8.42. The van der Waals surface area contributed by atoms with Crippen LogP contribution in [0.4, 0.5) is 5.69 Å².